The fourth-order valence-electron chi connectivity index (χ4n) is 2.03. The van der Waals surface area contributed by atoms with Crippen molar-refractivity contribution in [2.45, 2.75) is 30.6 Å². The number of halogens is 1. The van der Waals surface area contributed by atoms with Crippen molar-refractivity contribution in [1.29, 1.82) is 0 Å². The van der Waals surface area contributed by atoms with Crippen molar-refractivity contribution >= 4 is 21.7 Å². The molecule has 0 radical (unpaired) electrons. The third-order valence-electron chi connectivity index (χ3n) is 2.71. The van der Waals surface area contributed by atoms with Crippen molar-refractivity contribution in [1.82, 2.24) is 0 Å². The highest BCUT2D eigenvalue weighted by Crippen LogP contribution is 2.32. The zero-order valence-electron chi connectivity index (χ0n) is 8.03. The van der Waals surface area contributed by atoms with E-state index in [1.165, 1.54) is 12.1 Å². The summed E-state index contributed by atoms with van der Waals surface area (Å²) in [5.74, 6) is 0. The van der Waals surface area contributed by atoms with E-state index in [4.69, 9.17) is 16.2 Å². The van der Waals surface area contributed by atoms with E-state index < -0.39 is 10.1 Å². The SMILES string of the molecule is O=S(=O)(O)c1ccc(Cl)c2c1CCCC2. The summed E-state index contributed by atoms with van der Waals surface area (Å²) in [4.78, 5) is 0.0154. The Bertz CT molecular complexity index is 494. The van der Waals surface area contributed by atoms with Gasteiger partial charge in [-0.2, -0.15) is 8.42 Å². The van der Waals surface area contributed by atoms with Crippen molar-refractivity contribution in [3.8, 4) is 0 Å². The fourth-order valence-corrected chi connectivity index (χ4v) is 3.08. The number of fused-ring (bicyclic) bond motifs is 1. The molecule has 1 aliphatic rings. The molecule has 0 saturated heterocycles. The fraction of sp³-hybridized carbons (Fsp3) is 0.400. The predicted molar refractivity (Wildman–Crippen MR) is 57.9 cm³/mol. The smallest absolute Gasteiger partial charge is 0.282 e. The molecule has 0 aromatic heterocycles. The number of hydrogen-bond donors (Lipinski definition) is 1. The second-order valence-electron chi connectivity index (χ2n) is 3.68. The van der Waals surface area contributed by atoms with Gasteiger partial charge < -0.3 is 0 Å². The Balaban J connectivity index is 2.69. The lowest BCUT2D eigenvalue weighted by atomic mass is 9.92. The molecule has 5 heteroatoms. The van der Waals surface area contributed by atoms with Gasteiger partial charge in [-0.1, -0.05) is 11.6 Å². The summed E-state index contributed by atoms with van der Waals surface area (Å²) in [5.41, 5.74) is 1.56. The van der Waals surface area contributed by atoms with E-state index in [9.17, 15) is 8.42 Å². The minimum absolute atomic E-state index is 0.0154. The molecule has 0 spiro atoms. The molecule has 0 amide bonds. The van der Waals surface area contributed by atoms with Gasteiger partial charge in [0.25, 0.3) is 10.1 Å². The van der Waals surface area contributed by atoms with Crippen molar-refractivity contribution in [2.24, 2.45) is 0 Å². The van der Waals surface area contributed by atoms with Crippen LogP contribution < -0.4 is 0 Å². The van der Waals surface area contributed by atoms with Crippen molar-refractivity contribution in [3.63, 3.8) is 0 Å². The predicted octanol–water partition coefficient (Wildman–Crippen LogP) is 2.47. The summed E-state index contributed by atoms with van der Waals surface area (Å²) in [6, 6.07) is 2.91. The Kier molecular flexibility index (Phi) is 2.75. The monoisotopic (exact) mass is 246 g/mol. The number of rotatable bonds is 1. The molecule has 0 bridgehead atoms. The molecule has 0 atom stereocenters. The van der Waals surface area contributed by atoms with Crippen LogP contribution in [0.2, 0.25) is 5.02 Å². The molecule has 0 fully saturated rings. The molecule has 0 heterocycles. The van der Waals surface area contributed by atoms with Gasteiger partial charge in [-0.15, -0.1) is 0 Å². The summed E-state index contributed by atoms with van der Waals surface area (Å²) in [7, 11) is -4.12. The van der Waals surface area contributed by atoms with Crippen molar-refractivity contribution < 1.29 is 13.0 Å². The Hall–Kier alpha value is -0.580. The van der Waals surface area contributed by atoms with Gasteiger partial charge in [-0.05, 0) is 48.9 Å². The molecule has 1 N–H and O–H groups in total. The van der Waals surface area contributed by atoms with E-state index >= 15 is 0 Å². The van der Waals surface area contributed by atoms with Gasteiger partial charge in [-0.3, -0.25) is 4.55 Å². The van der Waals surface area contributed by atoms with E-state index in [1.54, 1.807) is 0 Å². The van der Waals surface area contributed by atoms with Crippen LogP contribution in [0.3, 0.4) is 0 Å². The highest BCUT2D eigenvalue weighted by atomic mass is 35.5. The van der Waals surface area contributed by atoms with Crippen LogP contribution in [0, 0.1) is 0 Å². The van der Waals surface area contributed by atoms with E-state index in [0.717, 1.165) is 24.8 Å². The lowest BCUT2D eigenvalue weighted by Crippen LogP contribution is -2.10. The first-order valence-electron chi connectivity index (χ1n) is 4.78. The molecule has 1 aliphatic carbocycles. The number of hydrogen-bond acceptors (Lipinski definition) is 2. The summed E-state index contributed by atoms with van der Waals surface area (Å²) in [5, 5.41) is 0.595. The second kappa shape index (κ2) is 3.77. The van der Waals surface area contributed by atoms with Crippen LogP contribution in [0.5, 0.6) is 0 Å². The minimum Gasteiger partial charge on any atom is -0.282 e. The first kappa shape index (κ1) is 10.9. The van der Waals surface area contributed by atoms with E-state index in [-0.39, 0.29) is 4.90 Å². The molecule has 82 valence electrons. The molecule has 0 unspecified atom stereocenters. The third-order valence-corrected chi connectivity index (χ3v) is 4.00. The van der Waals surface area contributed by atoms with Crippen LogP contribution in [0.4, 0.5) is 0 Å². The Morgan fingerprint density at radius 1 is 1.13 bits per heavy atom. The quantitative estimate of drug-likeness (QED) is 0.775. The van der Waals surface area contributed by atoms with Crippen molar-refractivity contribution in [2.75, 3.05) is 0 Å². The lowest BCUT2D eigenvalue weighted by molar-refractivity contribution is 0.481. The molecule has 0 saturated carbocycles. The topological polar surface area (TPSA) is 54.4 Å². The average Bonchev–Trinajstić information content (AvgIpc) is 2.17. The normalized spacial score (nSPS) is 16.1. The Labute approximate surface area is 93.8 Å². The summed E-state index contributed by atoms with van der Waals surface area (Å²) < 4.78 is 31.3. The van der Waals surface area contributed by atoms with Crippen LogP contribution in [-0.4, -0.2) is 13.0 Å². The molecule has 3 nitrogen and oxygen atoms in total. The first-order chi connectivity index (χ1) is 7.00. The van der Waals surface area contributed by atoms with E-state index in [2.05, 4.69) is 0 Å². The first-order valence-corrected chi connectivity index (χ1v) is 6.59. The minimum atomic E-state index is -4.12. The molecule has 1 aromatic rings. The second-order valence-corrected chi connectivity index (χ2v) is 5.48. The molecular formula is C10H11ClO3S. The molecule has 1 aromatic carbocycles. The average molecular weight is 247 g/mol. The summed E-state index contributed by atoms with van der Waals surface area (Å²) >= 11 is 5.99. The standard InChI is InChI=1S/C10H11ClO3S/c11-9-5-6-10(15(12,13)14)8-4-2-1-3-7(8)9/h5-6H,1-4H2,(H,12,13,14). The highest BCUT2D eigenvalue weighted by Gasteiger charge is 2.22. The lowest BCUT2D eigenvalue weighted by Gasteiger charge is -2.19. The van der Waals surface area contributed by atoms with Crippen LogP contribution in [0.1, 0.15) is 24.0 Å². The van der Waals surface area contributed by atoms with E-state index in [1.807, 2.05) is 0 Å². The van der Waals surface area contributed by atoms with Crippen LogP contribution in [0.15, 0.2) is 17.0 Å². The Morgan fingerprint density at radius 2 is 1.73 bits per heavy atom. The zero-order valence-corrected chi connectivity index (χ0v) is 9.61. The van der Waals surface area contributed by atoms with Gasteiger partial charge in [0.2, 0.25) is 0 Å². The maximum atomic E-state index is 11.1. The summed E-state index contributed by atoms with van der Waals surface area (Å²) in [6.07, 6.45) is 3.42. The largest absolute Gasteiger partial charge is 0.294 e. The Morgan fingerprint density at radius 3 is 2.33 bits per heavy atom. The molecule has 15 heavy (non-hydrogen) atoms. The van der Waals surface area contributed by atoms with Gasteiger partial charge in [-0.25, -0.2) is 0 Å². The molecule has 0 aliphatic heterocycles. The highest BCUT2D eigenvalue weighted by molar-refractivity contribution is 7.85. The van der Waals surface area contributed by atoms with Gasteiger partial charge in [0.1, 0.15) is 0 Å². The third kappa shape index (κ3) is 2.02. The van der Waals surface area contributed by atoms with Crippen molar-refractivity contribution in [3.05, 3.63) is 28.3 Å². The zero-order chi connectivity index (χ0) is 11.1. The van der Waals surface area contributed by atoms with Crippen LogP contribution in [-0.2, 0) is 23.0 Å². The molecule has 2 rings (SSSR count). The van der Waals surface area contributed by atoms with E-state index in [0.29, 0.717) is 17.0 Å². The van der Waals surface area contributed by atoms with Crippen LogP contribution >= 0.6 is 11.6 Å². The van der Waals surface area contributed by atoms with Gasteiger partial charge in [0.15, 0.2) is 0 Å². The maximum absolute atomic E-state index is 11.1. The van der Waals surface area contributed by atoms with Gasteiger partial charge in [0, 0.05) is 5.02 Å². The van der Waals surface area contributed by atoms with Crippen LogP contribution in [0.25, 0.3) is 0 Å². The number of benzene rings is 1. The maximum Gasteiger partial charge on any atom is 0.294 e. The van der Waals surface area contributed by atoms with Gasteiger partial charge in [0.05, 0.1) is 4.90 Å². The van der Waals surface area contributed by atoms with Gasteiger partial charge >= 0.3 is 0 Å². The summed E-state index contributed by atoms with van der Waals surface area (Å²) in [6.45, 7) is 0. The molecular weight excluding hydrogens is 236 g/mol.